The van der Waals surface area contributed by atoms with Crippen LogP contribution in [-0.2, 0) is 4.74 Å². The van der Waals surface area contributed by atoms with E-state index in [0.717, 1.165) is 5.56 Å². The van der Waals surface area contributed by atoms with E-state index in [4.69, 9.17) is 4.74 Å². The number of carbonyl (C=O) groups excluding carboxylic acids is 1. The second kappa shape index (κ2) is 8.73. The lowest BCUT2D eigenvalue weighted by molar-refractivity contribution is 0.101. The minimum atomic E-state index is -0.848. The van der Waals surface area contributed by atoms with Gasteiger partial charge in [-0.1, -0.05) is 24.3 Å². The number of hydrogen-bond donors (Lipinski definition) is 2. The van der Waals surface area contributed by atoms with Crippen molar-refractivity contribution in [2.24, 2.45) is 0 Å². The van der Waals surface area contributed by atoms with Crippen LogP contribution >= 0.6 is 0 Å². The summed E-state index contributed by atoms with van der Waals surface area (Å²) in [5.74, 6) is -0.718. The molecule has 3 aromatic carbocycles. The molecule has 1 heterocycles. The Labute approximate surface area is 178 Å². The van der Waals surface area contributed by atoms with E-state index in [1.54, 1.807) is 12.1 Å². The molecule has 1 saturated heterocycles. The van der Waals surface area contributed by atoms with Crippen molar-refractivity contribution in [1.29, 1.82) is 0 Å². The lowest BCUT2D eigenvalue weighted by atomic mass is 9.94. The van der Waals surface area contributed by atoms with Crippen LogP contribution in [-0.4, -0.2) is 22.4 Å². The van der Waals surface area contributed by atoms with E-state index in [2.05, 4.69) is 0 Å². The molecule has 160 valence electrons. The fraction of sp³-hybridized carbons (Fsp3) is 0.208. The van der Waals surface area contributed by atoms with Crippen molar-refractivity contribution in [2.75, 3.05) is 4.90 Å². The van der Waals surface area contributed by atoms with Crippen LogP contribution in [0.4, 0.5) is 19.3 Å². The topological polar surface area (TPSA) is 70.0 Å². The summed E-state index contributed by atoms with van der Waals surface area (Å²) in [4.78, 5) is 14.2. The van der Waals surface area contributed by atoms with Gasteiger partial charge in [-0.25, -0.2) is 13.6 Å². The molecule has 1 aliphatic heterocycles. The number of aromatic hydroxyl groups is 1. The Morgan fingerprint density at radius 3 is 2.10 bits per heavy atom. The molecular weight excluding hydrogens is 404 g/mol. The number of halogens is 2. The molecule has 3 aromatic rings. The first-order valence-corrected chi connectivity index (χ1v) is 9.90. The number of ether oxygens (including phenoxy) is 1. The van der Waals surface area contributed by atoms with Crippen LogP contribution < -0.4 is 4.90 Å². The first kappa shape index (κ1) is 20.8. The SMILES string of the molecule is O=C1O[C@H](CCC(O)c2ccc(F)cc2)C(c2ccc(O)cc2)N1c1ccc(F)cc1. The van der Waals surface area contributed by atoms with Crippen molar-refractivity contribution in [3.63, 3.8) is 0 Å². The summed E-state index contributed by atoms with van der Waals surface area (Å²) in [5, 5.41) is 20.1. The van der Waals surface area contributed by atoms with Gasteiger partial charge in [0.25, 0.3) is 0 Å². The number of phenols is 1. The maximum atomic E-state index is 13.4. The molecule has 7 heteroatoms. The maximum absolute atomic E-state index is 13.4. The van der Waals surface area contributed by atoms with Gasteiger partial charge in [0.05, 0.1) is 6.10 Å². The molecule has 3 atom stereocenters. The van der Waals surface area contributed by atoms with E-state index in [0.29, 0.717) is 17.7 Å². The van der Waals surface area contributed by atoms with Crippen LogP contribution in [0.5, 0.6) is 5.75 Å². The van der Waals surface area contributed by atoms with Gasteiger partial charge < -0.3 is 14.9 Å². The van der Waals surface area contributed by atoms with Gasteiger partial charge in [-0.05, 0) is 72.5 Å². The highest BCUT2D eigenvalue weighted by atomic mass is 19.1. The summed E-state index contributed by atoms with van der Waals surface area (Å²) >= 11 is 0. The Bertz CT molecular complexity index is 1040. The number of aliphatic hydroxyl groups is 1. The Morgan fingerprint density at radius 2 is 1.48 bits per heavy atom. The second-order valence-corrected chi connectivity index (χ2v) is 7.45. The minimum Gasteiger partial charge on any atom is -0.508 e. The van der Waals surface area contributed by atoms with Crippen LogP contribution in [0.3, 0.4) is 0 Å². The fourth-order valence-electron chi connectivity index (χ4n) is 3.82. The molecule has 0 bridgehead atoms. The van der Waals surface area contributed by atoms with E-state index >= 15 is 0 Å². The minimum absolute atomic E-state index is 0.0885. The molecule has 0 aliphatic carbocycles. The highest BCUT2D eigenvalue weighted by Crippen LogP contribution is 2.40. The maximum Gasteiger partial charge on any atom is 0.415 e. The van der Waals surface area contributed by atoms with Crippen molar-refractivity contribution in [3.05, 3.63) is 95.6 Å². The average Bonchev–Trinajstić information content (AvgIpc) is 3.09. The van der Waals surface area contributed by atoms with Gasteiger partial charge >= 0.3 is 6.09 Å². The summed E-state index contributed by atoms with van der Waals surface area (Å²) in [6.07, 6.45) is -1.38. The van der Waals surface area contributed by atoms with E-state index in [-0.39, 0.29) is 18.0 Å². The van der Waals surface area contributed by atoms with Crippen LogP contribution in [0, 0.1) is 11.6 Å². The number of amides is 1. The van der Waals surface area contributed by atoms with E-state index in [1.807, 2.05) is 0 Å². The Morgan fingerprint density at radius 1 is 0.903 bits per heavy atom. The summed E-state index contributed by atoms with van der Waals surface area (Å²) in [7, 11) is 0. The lowest BCUT2D eigenvalue weighted by Gasteiger charge is -2.25. The lowest BCUT2D eigenvalue weighted by Crippen LogP contribution is -2.29. The fourth-order valence-corrected chi connectivity index (χ4v) is 3.82. The average molecular weight is 425 g/mol. The van der Waals surface area contributed by atoms with Crippen molar-refractivity contribution in [2.45, 2.75) is 31.1 Å². The number of nitrogens with zero attached hydrogens (tertiary/aromatic N) is 1. The number of aliphatic hydroxyl groups excluding tert-OH is 1. The number of anilines is 1. The van der Waals surface area contributed by atoms with Gasteiger partial charge in [-0.2, -0.15) is 0 Å². The number of cyclic esters (lactones) is 1. The smallest absolute Gasteiger partial charge is 0.415 e. The van der Waals surface area contributed by atoms with Gasteiger partial charge in [0, 0.05) is 5.69 Å². The number of hydrogen-bond acceptors (Lipinski definition) is 4. The van der Waals surface area contributed by atoms with Crippen molar-refractivity contribution >= 4 is 11.8 Å². The van der Waals surface area contributed by atoms with Gasteiger partial charge in [0.2, 0.25) is 0 Å². The standard InChI is InChI=1S/C24H21F2NO4/c25-17-5-1-15(2-6-17)21(29)13-14-22-23(16-3-11-20(28)12-4-16)27(24(30)31-22)19-9-7-18(26)8-10-19/h1-12,21-23,28-29H,13-14H2/t21?,22-,23?/m1/s1. The highest BCUT2D eigenvalue weighted by Gasteiger charge is 2.43. The zero-order valence-corrected chi connectivity index (χ0v) is 16.5. The summed E-state index contributed by atoms with van der Waals surface area (Å²) in [5.41, 5.74) is 1.78. The molecule has 5 nitrogen and oxygen atoms in total. The molecule has 0 aromatic heterocycles. The quantitative estimate of drug-likeness (QED) is 0.566. The Balaban J connectivity index is 1.59. The van der Waals surface area contributed by atoms with Crippen LogP contribution in [0.15, 0.2) is 72.8 Å². The predicted octanol–water partition coefficient (Wildman–Crippen LogP) is 5.25. The van der Waals surface area contributed by atoms with Gasteiger partial charge in [-0.15, -0.1) is 0 Å². The van der Waals surface area contributed by atoms with E-state index in [9.17, 15) is 23.8 Å². The monoisotopic (exact) mass is 425 g/mol. The van der Waals surface area contributed by atoms with Crippen molar-refractivity contribution in [1.82, 2.24) is 0 Å². The molecule has 2 unspecified atom stereocenters. The van der Waals surface area contributed by atoms with Gasteiger partial charge in [-0.3, -0.25) is 4.90 Å². The summed E-state index contributed by atoms with van der Waals surface area (Å²) in [6, 6.07) is 17.0. The third-order valence-corrected chi connectivity index (χ3v) is 5.40. The van der Waals surface area contributed by atoms with Crippen LogP contribution in [0.2, 0.25) is 0 Å². The van der Waals surface area contributed by atoms with Crippen molar-refractivity contribution in [3.8, 4) is 5.75 Å². The third-order valence-electron chi connectivity index (χ3n) is 5.40. The predicted molar refractivity (Wildman–Crippen MR) is 111 cm³/mol. The molecular formula is C24H21F2NO4. The third kappa shape index (κ3) is 4.51. The number of carbonyl (C=O) groups is 1. The second-order valence-electron chi connectivity index (χ2n) is 7.45. The van der Waals surface area contributed by atoms with Gasteiger partial charge in [0.1, 0.15) is 29.5 Å². The molecule has 0 radical (unpaired) electrons. The van der Waals surface area contributed by atoms with E-state index < -0.39 is 30.2 Å². The molecule has 4 rings (SSSR count). The first-order chi connectivity index (χ1) is 14.9. The largest absolute Gasteiger partial charge is 0.508 e. The normalized spacial score (nSPS) is 19.3. The van der Waals surface area contributed by atoms with Crippen molar-refractivity contribution < 1.29 is 28.5 Å². The first-order valence-electron chi connectivity index (χ1n) is 9.90. The molecule has 0 saturated carbocycles. The molecule has 2 N–H and O–H groups in total. The molecule has 0 spiro atoms. The zero-order chi connectivity index (χ0) is 22.0. The molecule has 1 aliphatic rings. The highest BCUT2D eigenvalue weighted by molar-refractivity contribution is 5.91. The van der Waals surface area contributed by atoms with Gasteiger partial charge in [0.15, 0.2) is 0 Å². The Kier molecular flexibility index (Phi) is 5.86. The number of benzene rings is 3. The molecule has 1 amide bonds. The van der Waals surface area contributed by atoms with Crippen LogP contribution in [0.1, 0.15) is 36.1 Å². The molecule has 31 heavy (non-hydrogen) atoms. The summed E-state index contributed by atoms with van der Waals surface area (Å²) < 4.78 is 32.2. The zero-order valence-electron chi connectivity index (χ0n) is 16.5. The van der Waals surface area contributed by atoms with Crippen LogP contribution in [0.25, 0.3) is 0 Å². The Hall–Kier alpha value is -3.45. The van der Waals surface area contributed by atoms with E-state index in [1.165, 1.54) is 65.6 Å². The summed E-state index contributed by atoms with van der Waals surface area (Å²) in [6.45, 7) is 0. The molecule has 1 fully saturated rings. The number of phenolic OH excluding ortho intramolecular Hbond substituents is 1. The number of rotatable bonds is 6.